The van der Waals surface area contributed by atoms with Gasteiger partial charge >= 0.3 is 12.2 Å². The number of ether oxygens (including phenoxy) is 4. The number of ketones is 1. The minimum Gasteiger partial charge on any atom is -0.453 e. The van der Waals surface area contributed by atoms with Gasteiger partial charge in [0.05, 0.1) is 51.3 Å². The van der Waals surface area contributed by atoms with Crippen molar-refractivity contribution in [1.29, 1.82) is 0 Å². The molecule has 15 heteroatoms. The van der Waals surface area contributed by atoms with E-state index in [0.29, 0.717) is 31.1 Å². The molecule has 6 rings (SSSR count). The number of methoxy groups -OCH3 is 1. The number of benzene rings is 3. The lowest BCUT2D eigenvalue weighted by molar-refractivity contribution is -0.260. The van der Waals surface area contributed by atoms with E-state index in [-0.39, 0.29) is 49.9 Å². The summed E-state index contributed by atoms with van der Waals surface area (Å²) < 4.78 is 21.8. The SMILES string of the molecule is COC(=O)NC(C(=O)N1CCC[C@H]1c1ncc(-c2ccc(-c3ccc(C(=O)CNC(=O)CN(CC4(C)OCCCO4)C(=O)OCc4ccccc4)cc3)cc2)[nH]1)C(C)C. The van der Waals surface area contributed by atoms with Gasteiger partial charge in [0.2, 0.25) is 11.8 Å². The van der Waals surface area contributed by atoms with Crippen LogP contribution in [0.3, 0.4) is 0 Å². The molecule has 0 aliphatic carbocycles. The number of nitrogens with zero attached hydrogens (tertiary/aromatic N) is 3. The third kappa shape index (κ3) is 11.1. The zero-order valence-electron chi connectivity index (χ0n) is 33.9. The third-order valence-electron chi connectivity index (χ3n) is 10.4. The molecule has 4 aromatic rings. The Bertz CT molecular complexity index is 2060. The lowest BCUT2D eigenvalue weighted by Gasteiger charge is -2.37. The first-order chi connectivity index (χ1) is 28.4. The number of nitrogens with one attached hydrogen (secondary N) is 3. The molecule has 2 fully saturated rings. The van der Waals surface area contributed by atoms with E-state index >= 15 is 0 Å². The van der Waals surface area contributed by atoms with Crippen LogP contribution in [0.1, 0.15) is 67.8 Å². The maximum Gasteiger partial charge on any atom is 0.410 e. The molecular weight excluding hydrogens is 757 g/mol. The van der Waals surface area contributed by atoms with Crippen LogP contribution in [0.25, 0.3) is 22.4 Å². The predicted octanol–water partition coefficient (Wildman–Crippen LogP) is 5.88. The van der Waals surface area contributed by atoms with Gasteiger partial charge in [0.15, 0.2) is 11.6 Å². The summed E-state index contributed by atoms with van der Waals surface area (Å²) in [6.07, 6.45) is 2.71. The largest absolute Gasteiger partial charge is 0.453 e. The van der Waals surface area contributed by atoms with Gasteiger partial charge in [0, 0.05) is 12.1 Å². The summed E-state index contributed by atoms with van der Waals surface area (Å²) >= 11 is 0. The molecule has 3 N–H and O–H groups in total. The minimum absolute atomic E-state index is 0.0313. The standard InChI is InChI=1S/C44H52N6O9/c1-29(2)39(48-42(54)56-4)41(53)50-21-8-12-36(50)40-46-24-35(47-40)33-17-13-31(14-18-33)32-15-19-34(20-16-32)37(51)25-45-38(52)26-49(28-44(3)58-22-9-23-59-44)43(55)57-27-30-10-6-5-7-11-30/h5-7,10-11,13-20,24,29,36,39H,8-9,12,21-23,25-28H2,1-4H3,(H,45,52)(H,46,47)(H,48,54)/t36-,39?/m0/s1. The Hall–Kier alpha value is -6.06. The first-order valence-electron chi connectivity index (χ1n) is 19.9. The van der Waals surface area contributed by atoms with E-state index in [4.69, 9.17) is 18.9 Å². The highest BCUT2D eigenvalue weighted by atomic mass is 16.7. The van der Waals surface area contributed by atoms with E-state index in [1.165, 1.54) is 12.0 Å². The lowest BCUT2D eigenvalue weighted by atomic mass is 10.0. The van der Waals surface area contributed by atoms with Crippen LogP contribution in [0.4, 0.5) is 9.59 Å². The molecule has 2 atom stereocenters. The highest BCUT2D eigenvalue weighted by molar-refractivity contribution is 6.00. The molecule has 1 aromatic heterocycles. The van der Waals surface area contributed by atoms with Gasteiger partial charge in [-0.1, -0.05) is 92.7 Å². The van der Waals surface area contributed by atoms with Gasteiger partial charge in [0.25, 0.3) is 0 Å². The molecule has 2 saturated heterocycles. The van der Waals surface area contributed by atoms with Gasteiger partial charge in [-0.15, -0.1) is 0 Å². The zero-order chi connectivity index (χ0) is 41.9. The molecule has 1 unspecified atom stereocenters. The van der Waals surface area contributed by atoms with Crippen molar-refractivity contribution in [3.8, 4) is 22.4 Å². The predicted molar refractivity (Wildman–Crippen MR) is 218 cm³/mol. The van der Waals surface area contributed by atoms with Gasteiger partial charge in [-0.2, -0.15) is 0 Å². The Kier molecular flexibility index (Phi) is 14.1. The lowest BCUT2D eigenvalue weighted by Crippen LogP contribution is -2.52. The van der Waals surface area contributed by atoms with E-state index in [0.717, 1.165) is 47.2 Å². The molecule has 3 heterocycles. The Morgan fingerprint density at radius 1 is 0.932 bits per heavy atom. The van der Waals surface area contributed by atoms with E-state index in [2.05, 4.69) is 20.6 Å². The molecule has 312 valence electrons. The van der Waals surface area contributed by atoms with Crippen LogP contribution in [-0.4, -0.2) is 108 Å². The number of Topliss-reactive ketones (excluding diaryl/α,β-unsaturated/α-hetero) is 1. The summed E-state index contributed by atoms with van der Waals surface area (Å²) in [5.41, 5.74) is 4.77. The molecule has 0 bridgehead atoms. The fourth-order valence-electron chi connectivity index (χ4n) is 7.16. The Morgan fingerprint density at radius 2 is 1.59 bits per heavy atom. The Balaban J connectivity index is 1.03. The molecule has 0 spiro atoms. The van der Waals surface area contributed by atoms with Gasteiger partial charge in [-0.05, 0) is 54.4 Å². The average molecular weight is 809 g/mol. The van der Waals surface area contributed by atoms with Gasteiger partial charge in [-0.25, -0.2) is 14.6 Å². The molecule has 15 nitrogen and oxygen atoms in total. The fraction of sp³-hybridized carbons (Fsp3) is 0.409. The quantitative estimate of drug-likeness (QED) is 0.123. The summed E-state index contributed by atoms with van der Waals surface area (Å²) in [6, 6.07) is 23.3. The number of carbonyl (C=O) groups excluding carboxylic acids is 5. The van der Waals surface area contributed by atoms with Crippen molar-refractivity contribution < 1.29 is 42.9 Å². The van der Waals surface area contributed by atoms with Crippen molar-refractivity contribution in [3.05, 3.63) is 102 Å². The summed E-state index contributed by atoms with van der Waals surface area (Å²) in [4.78, 5) is 75.8. The smallest absolute Gasteiger partial charge is 0.410 e. The van der Waals surface area contributed by atoms with E-state index in [1.807, 2.05) is 80.6 Å². The number of hydrogen-bond acceptors (Lipinski definition) is 10. The number of likely N-dealkylation sites (tertiary alicyclic amines) is 1. The third-order valence-corrected chi connectivity index (χ3v) is 10.4. The second-order valence-corrected chi connectivity index (χ2v) is 15.2. The van der Waals surface area contributed by atoms with Crippen LogP contribution in [0.5, 0.6) is 0 Å². The Labute approximate surface area is 343 Å². The van der Waals surface area contributed by atoms with Crippen LogP contribution in [0.15, 0.2) is 85.1 Å². The topological polar surface area (TPSA) is 181 Å². The minimum atomic E-state index is -1.10. The van der Waals surface area contributed by atoms with E-state index < -0.39 is 29.9 Å². The molecule has 2 aliphatic rings. The number of aromatic nitrogens is 2. The van der Waals surface area contributed by atoms with Crippen LogP contribution in [-0.2, 0) is 35.1 Å². The number of alkyl carbamates (subject to hydrolysis) is 1. The average Bonchev–Trinajstić information content (AvgIpc) is 3.95. The molecule has 0 radical (unpaired) electrons. The number of rotatable bonds is 15. The second kappa shape index (κ2) is 19.6. The summed E-state index contributed by atoms with van der Waals surface area (Å²) in [6.45, 7) is 6.36. The first kappa shape index (κ1) is 42.5. The number of imidazole rings is 1. The number of carbonyl (C=O) groups is 5. The van der Waals surface area contributed by atoms with E-state index in [1.54, 1.807) is 30.2 Å². The van der Waals surface area contributed by atoms with Gasteiger partial charge in [-0.3, -0.25) is 19.3 Å². The van der Waals surface area contributed by atoms with Gasteiger partial charge < -0.3 is 39.5 Å². The molecule has 3 aromatic carbocycles. The highest BCUT2D eigenvalue weighted by Crippen LogP contribution is 2.33. The number of amides is 4. The monoisotopic (exact) mass is 808 g/mol. The number of H-pyrrole nitrogens is 1. The second-order valence-electron chi connectivity index (χ2n) is 15.2. The van der Waals surface area contributed by atoms with Crippen molar-refractivity contribution in [2.24, 2.45) is 5.92 Å². The van der Waals surface area contributed by atoms with Crippen LogP contribution in [0.2, 0.25) is 0 Å². The molecule has 2 aliphatic heterocycles. The van der Waals surface area contributed by atoms with Crippen molar-refractivity contribution in [1.82, 2.24) is 30.4 Å². The summed E-state index contributed by atoms with van der Waals surface area (Å²) in [7, 11) is 1.27. The fourth-order valence-corrected chi connectivity index (χ4v) is 7.16. The normalized spacial score (nSPS) is 16.6. The zero-order valence-corrected chi connectivity index (χ0v) is 33.9. The molecular formula is C44H52N6O9. The van der Waals surface area contributed by atoms with Crippen molar-refractivity contribution >= 4 is 29.8 Å². The first-order valence-corrected chi connectivity index (χ1v) is 19.9. The molecule has 59 heavy (non-hydrogen) atoms. The number of aromatic amines is 1. The summed E-state index contributed by atoms with van der Waals surface area (Å²) in [5.74, 6) is -1.53. The highest BCUT2D eigenvalue weighted by Gasteiger charge is 2.38. The number of hydrogen-bond donors (Lipinski definition) is 3. The Morgan fingerprint density at radius 3 is 2.25 bits per heavy atom. The molecule has 0 saturated carbocycles. The molecule has 4 amide bonds. The van der Waals surface area contributed by atoms with Crippen LogP contribution >= 0.6 is 0 Å². The van der Waals surface area contributed by atoms with Crippen LogP contribution in [0, 0.1) is 5.92 Å². The summed E-state index contributed by atoms with van der Waals surface area (Å²) in [5, 5.41) is 5.31. The van der Waals surface area contributed by atoms with Gasteiger partial charge in [0.1, 0.15) is 25.0 Å². The van der Waals surface area contributed by atoms with Crippen molar-refractivity contribution in [3.63, 3.8) is 0 Å². The maximum absolute atomic E-state index is 13.5. The van der Waals surface area contributed by atoms with Crippen molar-refractivity contribution in [2.45, 2.75) is 64.5 Å². The van der Waals surface area contributed by atoms with E-state index in [9.17, 15) is 24.0 Å². The van der Waals surface area contributed by atoms with Crippen molar-refractivity contribution in [2.75, 3.05) is 46.5 Å². The maximum atomic E-state index is 13.5. The van der Waals surface area contributed by atoms with Crippen LogP contribution < -0.4 is 10.6 Å².